The third-order valence-electron chi connectivity index (χ3n) is 6.44. The number of carbonyl (C=O) groups is 2. The predicted molar refractivity (Wildman–Crippen MR) is 132 cm³/mol. The average molecular weight is 473 g/mol. The molecule has 0 atom stereocenters. The molecule has 0 aliphatic heterocycles. The van der Waals surface area contributed by atoms with E-state index in [1.54, 1.807) is 12.1 Å². The Hall–Kier alpha value is -2.84. The molecule has 2 heterocycles. The number of esters is 2. The second-order valence-corrected chi connectivity index (χ2v) is 8.28. The van der Waals surface area contributed by atoms with E-state index in [1.807, 2.05) is 13.8 Å². The number of fused-ring (bicyclic) bond motifs is 2. The summed E-state index contributed by atoms with van der Waals surface area (Å²) in [5, 5.41) is 1.50. The molecule has 0 N–H and O–H groups in total. The van der Waals surface area contributed by atoms with E-state index in [2.05, 4.69) is 37.5 Å². The van der Waals surface area contributed by atoms with Crippen LogP contribution in [0.2, 0.25) is 0 Å². The standard InChI is InChI=1S/C26H36N2O6/c1-7-27(8-2)11-13-31-25(29)23-17(5)19-15-22-20(16-21(19)33-23)18(6)24(34-22)26(30)32-14-12-28(9-3)10-4/h15-16H,7-14H2,1-6H3. The molecule has 8 heteroatoms. The summed E-state index contributed by atoms with van der Waals surface area (Å²) in [5.41, 5.74) is 2.46. The fraction of sp³-hybridized carbons (Fsp3) is 0.538. The van der Waals surface area contributed by atoms with Crippen LogP contribution >= 0.6 is 0 Å². The van der Waals surface area contributed by atoms with Crippen molar-refractivity contribution in [1.29, 1.82) is 0 Å². The van der Waals surface area contributed by atoms with Gasteiger partial charge in [-0.3, -0.25) is 0 Å². The lowest BCUT2D eigenvalue weighted by Gasteiger charge is -2.17. The number of nitrogens with zero attached hydrogens (tertiary/aromatic N) is 2. The van der Waals surface area contributed by atoms with Gasteiger partial charge in [0.25, 0.3) is 0 Å². The largest absolute Gasteiger partial charge is 0.458 e. The fourth-order valence-electron chi connectivity index (χ4n) is 4.07. The van der Waals surface area contributed by atoms with Crippen molar-refractivity contribution in [2.75, 3.05) is 52.5 Å². The van der Waals surface area contributed by atoms with Gasteiger partial charge in [-0.2, -0.15) is 0 Å². The predicted octanol–water partition coefficient (Wildman–Crippen LogP) is 4.79. The third-order valence-corrected chi connectivity index (χ3v) is 6.44. The van der Waals surface area contributed by atoms with Crippen LogP contribution in [0.4, 0.5) is 0 Å². The summed E-state index contributed by atoms with van der Waals surface area (Å²) in [7, 11) is 0. The summed E-state index contributed by atoms with van der Waals surface area (Å²) in [5.74, 6) is -0.579. The van der Waals surface area contributed by atoms with E-state index < -0.39 is 11.9 Å². The minimum atomic E-state index is -0.480. The van der Waals surface area contributed by atoms with Crippen LogP contribution in [0, 0.1) is 13.8 Å². The zero-order chi connectivity index (χ0) is 24.8. The molecule has 0 saturated carbocycles. The number of ether oxygens (including phenoxy) is 2. The number of aryl methyl sites for hydroxylation is 2. The maximum atomic E-state index is 12.6. The number of benzene rings is 1. The maximum Gasteiger partial charge on any atom is 0.374 e. The van der Waals surface area contributed by atoms with Gasteiger partial charge in [0.2, 0.25) is 11.5 Å². The lowest BCUT2D eigenvalue weighted by molar-refractivity contribution is 0.0424. The van der Waals surface area contributed by atoms with E-state index in [4.69, 9.17) is 18.3 Å². The van der Waals surface area contributed by atoms with Gasteiger partial charge in [-0.05, 0) is 52.2 Å². The summed E-state index contributed by atoms with van der Waals surface area (Å²) in [6, 6.07) is 3.60. The van der Waals surface area contributed by atoms with Crippen LogP contribution in [-0.2, 0) is 9.47 Å². The Morgan fingerprint density at radius 1 is 0.706 bits per heavy atom. The van der Waals surface area contributed by atoms with Gasteiger partial charge in [-0.25, -0.2) is 9.59 Å². The Labute approximate surface area is 200 Å². The van der Waals surface area contributed by atoms with E-state index >= 15 is 0 Å². The molecule has 3 aromatic rings. The van der Waals surface area contributed by atoms with Gasteiger partial charge in [0.1, 0.15) is 24.4 Å². The molecule has 0 unspecified atom stereocenters. The summed E-state index contributed by atoms with van der Waals surface area (Å²) in [6.07, 6.45) is 0. The molecule has 0 amide bonds. The first-order chi connectivity index (χ1) is 16.3. The fourth-order valence-corrected chi connectivity index (χ4v) is 4.07. The lowest BCUT2D eigenvalue weighted by Crippen LogP contribution is -2.27. The Balaban J connectivity index is 1.77. The van der Waals surface area contributed by atoms with Gasteiger partial charge >= 0.3 is 11.9 Å². The second-order valence-electron chi connectivity index (χ2n) is 8.28. The zero-order valence-electron chi connectivity index (χ0n) is 21.2. The van der Waals surface area contributed by atoms with E-state index in [0.717, 1.165) is 37.0 Å². The van der Waals surface area contributed by atoms with Gasteiger partial charge in [-0.1, -0.05) is 27.7 Å². The second kappa shape index (κ2) is 11.5. The molecule has 2 aromatic heterocycles. The van der Waals surface area contributed by atoms with Crippen molar-refractivity contribution in [1.82, 2.24) is 9.80 Å². The van der Waals surface area contributed by atoms with E-state index in [1.165, 1.54) is 0 Å². The number of rotatable bonds is 12. The van der Waals surface area contributed by atoms with Crippen molar-refractivity contribution >= 4 is 33.9 Å². The van der Waals surface area contributed by atoms with Crippen molar-refractivity contribution in [2.24, 2.45) is 0 Å². The van der Waals surface area contributed by atoms with Crippen LogP contribution in [0.3, 0.4) is 0 Å². The van der Waals surface area contributed by atoms with Gasteiger partial charge < -0.3 is 28.1 Å². The van der Waals surface area contributed by atoms with Gasteiger partial charge in [0.15, 0.2) is 0 Å². The maximum absolute atomic E-state index is 12.6. The molecule has 0 saturated heterocycles. The zero-order valence-corrected chi connectivity index (χ0v) is 21.2. The van der Waals surface area contributed by atoms with Crippen LogP contribution in [-0.4, -0.2) is 74.2 Å². The summed E-state index contributed by atoms with van der Waals surface area (Å²) < 4.78 is 22.6. The molecule has 186 valence electrons. The van der Waals surface area contributed by atoms with Crippen LogP contribution in [0.25, 0.3) is 21.9 Å². The van der Waals surface area contributed by atoms with Gasteiger partial charge in [0.05, 0.1) is 0 Å². The molecule has 1 aromatic carbocycles. The first kappa shape index (κ1) is 25.8. The van der Waals surface area contributed by atoms with Crippen LogP contribution < -0.4 is 0 Å². The molecule has 0 aliphatic rings. The van der Waals surface area contributed by atoms with Gasteiger partial charge in [-0.15, -0.1) is 0 Å². The van der Waals surface area contributed by atoms with Crippen LogP contribution in [0.1, 0.15) is 59.9 Å². The topological polar surface area (TPSA) is 85.4 Å². The van der Waals surface area contributed by atoms with Crippen molar-refractivity contribution in [3.05, 3.63) is 34.8 Å². The molecule has 8 nitrogen and oxygen atoms in total. The first-order valence-corrected chi connectivity index (χ1v) is 12.1. The highest BCUT2D eigenvalue weighted by atomic mass is 16.5. The Bertz CT molecular complexity index is 1050. The van der Waals surface area contributed by atoms with Crippen molar-refractivity contribution in [2.45, 2.75) is 41.5 Å². The normalized spacial score (nSPS) is 11.8. The SMILES string of the molecule is CCN(CC)CCOC(=O)c1oc2cc3c(C)c(C(=O)OCCN(CC)CC)oc3cc2c1C. The van der Waals surface area contributed by atoms with Gasteiger partial charge in [0, 0.05) is 35.0 Å². The van der Waals surface area contributed by atoms with E-state index in [0.29, 0.717) is 48.6 Å². The summed E-state index contributed by atoms with van der Waals surface area (Å²) in [4.78, 5) is 29.6. The number of hydrogen-bond acceptors (Lipinski definition) is 8. The quantitative estimate of drug-likeness (QED) is 0.348. The molecule has 3 rings (SSSR count). The summed E-state index contributed by atoms with van der Waals surface area (Å²) >= 11 is 0. The monoisotopic (exact) mass is 472 g/mol. The van der Waals surface area contributed by atoms with Crippen molar-refractivity contribution in [3.8, 4) is 0 Å². The number of likely N-dealkylation sites (N-methyl/N-ethyl adjacent to an activating group) is 2. The highest BCUT2D eigenvalue weighted by Crippen LogP contribution is 2.34. The highest BCUT2D eigenvalue weighted by molar-refractivity contribution is 6.04. The molecular weight excluding hydrogens is 436 g/mol. The van der Waals surface area contributed by atoms with Crippen molar-refractivity contribution in [3.63, 3.8) is 0 Å². The molecule has 0 bridgehead atoms. The highest BCUT2D eigenvalue weighted by Gasteiger charge is 2.24. The molecule has 0 aliphatic carbocycles. The molecule has 34 heavy (non-hydrogen) atoms. The van der Waals surface area contributed by atoms with E-state index in [9.17, 15) is 9.59 Å². The Kier molecular flexibility index (Phi) is 8.74. The summed E-state index contributed by atoms with van der Waals surface area (Å²) in [6.45, 7) is 17.5. The minimum absolute atomic E-state index is 0.191. The van der Waals surface area contributed by atoms with E-state index in [-0.39, 0.29) is 11.5 Å². The Morgan fingerprint density at radius 3 is 1.38 bits per heavy atom. The molecule has 0 fully saturated rings. The number of hydrogen-bond donors (Lipinski definition) is 0. The molecule has 0 radical (unpaired) electrons. The first-order valence-electron chi connectivity index (χ1n) is 12.1. The number of carbonyl (C=O) groups excluding carboxylic acids is 2. The average Bonchev–Trinajstić information content (AvgIpc) is 3.34. The van der Waals surface area contributed by atoms with Crippen LogP contribution in [0.5, 0.6) is 0 Å². The number of furan rings is 2. The smallest absolute Gasteiger partial charge is 0.374 e. The lowest BCUT2D eigenvalue weighted by atomic mass is 10.1. The Morgan fingerprint density at radius 2 is 1.06 bits per heavy atom. The molecular formula is C26H36N2O6. The third kappa shape index (κ3) is 5.45. The van der Waals surface area contributed by atoms with Crippen molar-refractivity contribution < 1.29 is 27.9 Å². The molecule has 0 spiro atoms. The minimum Gasteiger partial charge on any atom is -0.458 e. The van der Waals surface area contributed by atoms with Crippen LogP contribution in [0.15, 0.2) is 21.0 Å².